The minimum atomic E-state index is -0.252. The molecule has 0 radical (unpaired) electrons. The first-order valence-electron chi connectivity index (χ1n) is 11.9. The summed E-state index contributed by atoms with van der Waals surface area (Å²) in [7, 11) is 0. The van der Waals surface area contributed by atoms with Crippen LogP contribution in [0.15, 0.2) is 24.3 Å². The van der Waals surface area contributed by atoms with E-state index in [0.717, 1.165) is 77.6 Å². The highest BCUT2D eigenvalue weighted by Gasteiger charge is 2.52. The predicted octanol–water partition coefficient (Wildman–Crippen LogP) is 3.27. The molecule has 31 heavy (non-hydrogen) atoms. The number of fused-ring (bicyclic) bond motifs is 3. The standard InChI is InChI=1S/C25H36N2O4/c1-24(2)20-17-25(18-30-23(20)19-5-3-4-6-21(19)31-24)8-11-27(12-9-25)22(28)7-10-26-13-15-29-16-14-26/h3-6,20,23H,7-18H2,1-2H3/t20-,23+/m0/s1. The first kappa shape index (κ1) is 21.2. The molecule has 0 bridgehead atoms. The Morgan fingerprint density at radius 3 is 2.61 bits per heavy atom. The highest BCUT2D eigenvalue weighted by Crippen LogP contribution is 2.55. The van der Waals surface area contributed by atoms with E-state index in [1.165, 1.54) is 5.56 Å². The van der Waals surface area contributed by atoms with Gasteiger partial charge in [-0.15, -0.1) is 0 Å². The zero-order chi connectivity index (χ0) is 21.5. The fourth-order valence-corrected chi connectivity index (χ4v) is 5.92. The average Bonchev–Trinajstić information content (AvgIpc) is 2.79. The highest BCUT2D eigenvalue weighted by molar-refractivity contribution is 5.76. The summed E-state index contributed by atoms with van der Waals surface area (Å²) < 4.78 is 18.4. The predicted molar refractivity (Wildman–Crippen MR) is 118 cm³/mol. The van der Waals surface area contributed by atoms with Gasteiger partial charge < -0.3 is 19.1 Å². The zero-order valence-corrected chi connectivity index (χ0v) is 19.0. The second-order valence-electron chi connectivity index (χ2n) is 10.4. The lowest BCUT2D eigenvalue weighted by Gasteiger charge is -2.54. The molecule has 0 aliphatic carbocycles. The second-order valence-corrected chi connectivity index (χ2v) is 10.4. The van der Waals surface area contributed by atoms with E-state index in [4.69, 9.17) is 14.2 Å². The van der Waals surface area contributed by atoms with E-state index in [-0.39, 0.29) is 17.1 Å². The molecule has 2 atom stereocenters. The fraction of sp³-hybridized carbons (Fsp3) is 0.720. The number of amides is 1. The Morgan fingerprint density at radius 1 is 1.10 bits per heavy atom. The van der Waals surface area contributed by atoms with Crippen molar-refractivity contribution >= 4 is 5.91 Å². The summed E-state index contributed by atoms with van der Waals surface area (Å²) in [5.74, 6) is 1.59. The van der Waals surface area contributed by atoms with Gasteiger partial charge in [-0.3, -0.25) is 9.69 Å². The summed E-state index contributed by atoms with van der Waals surface area (Å²) in [6.45, 7) is 11.2. The first-order chi connectivity index (χ1) is 15.0. The minimum absolute atomic E-state index is 0.110. The third-order valence-electron chi connectivity index (χ3n) is 8.00. The molecule has 0 unspecified atom stereocenters. The summed E-state index contributed by atoms with van der Waals surface area (Å²) in [4.78, 5) is 17.2. The molecule has 1 amide bonds. The van der Waals surface area contributed by atoms with E-state index in [1.54, 1.807) is 0 Å². The molecule has 0 saturated carbocycles. The normalized spacial score (nSPS) is 29.7. The van der Waals surface area contributed by atoms with Crippen molar-refractivity contribution in [1.29, 1.82) is 0 Å². The molecule has 4 aliphatic rings. The summed E-state index contributed by atoms with van der Waals surface area (Å²) in [6, 6.07) is 8.32. The zero-order valence-electron chi connectivity index (χ0n) is 19.0. The number of hydrogen-bond acceptors (Lipinski definition) is 5. The van der Waals surface area contributed by atoms with Crippen LogP contribution in [0.25, 0.3) is 0 Å². The summed E-state index contributed by atoms with van der Waals surface area (Å²) in [5, 5.41) is 0. The SMILES string of the molecule is CC1(C)Oc2ccccc2[C@H]2OCC3(CCN(C(=O)CCN4CCOCC4)CC3)C[C@@H]21. The molecular weight excluding hydrogens is 392 g/mol. The van der Waals surface area contributed by atoms with Gasteiger partial charge in [-0.1, -0.05) is 18.2 Å². The van der Waals surface area contributed by atoms with Crippen LogP contribution in [-0.4, -0.2) is 73.9 Å². The summed E-state index contributed by atoms with van der Waals surface area (Å²) in [6.07, 6.45) is 3.88. The Kier molecular flexibility index (Phi) is 5.74. The Morgan fingerprint density at radius 2 is 1.84 bits per heavy atom. The number of carbonyl (C=O) groups is 1. The molecule has 5 rings (SSSR count). The molecule has 3 fully saturated rings. The number of carbonyl (C=O) groups excluding carboxylic acids is 1. The largest absolute Gasteiger partial charge is 0.487 e. The maximum atomic E-state index is 12.8. The molecule has 1 aromatic rings. The maximum absolute atomic E-state index is 12.8. The van der Waals surface area contributed by atoms with Crippen LogP contribution in [0.5, 0.6) is 5.75 Å². The molecule has 170 valence electrons. The van der Waals surface area contributed by atoms with Gasteiger partial charge >= 0.3 is 0 Å². The number of likely N-dealkylation sites (tertiary alicyclic amines) is 1. The number of ether oxygens (including phenoxy) is 3. The topological polar surface area (TPSA) is 51.2 Å². The smallest absolute Gasteiger partial charge is 0.223 e. The van der Waals surface area contributed by atoms with Crippen molar-refractivity contribution < 1.29 is 19.0 Å². The fourth-order valence-electron chi connectivity index (χ4n) is 5.92. The van der Waals surface area contributed by atoms with Gasteiger partial charge in [0.25, 0.3) is 0 Å². The third-order valence-corrected chi connectivity index (χ3v) is 8.00. The third kappa shape index (κ3) is 4.22. The van der Waals surface area contributed by atoms with Gasteiger partial charge in [-0.25, -0.2) is 0 Å². The van der Waals surface area contributed by atoms with E-state index in [9.17, 15) is 4.79 Å². The molecule has 6 heteroatoms. The second kappa shape index (κ2) is 8.38. The number of para-hydroxylation sites is 1. The lowest BCUT2D eigenvalue weighted by atomic mass is 9.64. The van der Waals surface area contributed by atoms with Gasteiger partial charge in [0, 0.05) is 50.6 Å². The Balaban J connectivity index is 1.19. The van der Waals surface area contributed by atoms with Crippen molar-refractivity contribution in [2.75, 3.05) is 52.5 Å². The van der Waals surface area contributed by atoms with Gasteiger partial charge in [0.2, 0.25) is 5.91 Å². The Labute approximate surface area is 185 Å². The van der Waals surface area contributed by atoms with Gasteiger partial charge in [-0.2, -0.15) is 0 Å². The van der Waals surface area contributed by atoms with Crippen LogP contribution in [0.4, 0.5) is 0 Å². The number of piperidine rings is 1. The van der Waals surface area contributed by atoms with Gasteiger partial charge in [0.15, 0.2) is 0 Å². The molecule has 3 saturated heterocycles. The number of nitrogens with zero attached hydrogens (tertiary/aromatic N) is 2. The lowest BCUT2D eigenvalue weighted by molar-refractivity contribution is -0.176. The lowest BCUT2D eigenvalue weighted by Crippen LogP contribution is -2.54. The quantitative estimate of drug-likeness (QED) is 0.740. The van der Waals surface area contributed by atoms with Gasteiger partial charge in [-0.05, 0) is 44.6 Å². The van der Waals surface area contributed by atoms with Crippen LogP contribution in [0.2, 0.25) is 0 Å². The molecule has 0 aromatic heterocycles. The monoisotopic (exact) mass is 428 g/mol. The minimum Gasteiger partial charge on any atom is -0.487 e. The van der Waals surface area contributed by atoms with Crippen LogP contribution in [0, 0.1) is 11.3 Å². The Bertz CT molecular complexity index is 796. The van der Waals surface area contributed by atoms with E-state index in [2.05, 4.69) is 41.8 Å². The van der Waals surface area contributed by atoms with Crippen molar-refractivity contribution in [1.82, 2.24) is 9.80 Å². The number of benzene rings is 1. The van der Waals surface area contributed by atoms with Crippen molar-refractivity contribution in [3.8, 4) is 5.75 Å². The van der Waals surface area contributed by atoms with Crippen molar-refractivity contribution in [3.05, 3.63) is 29.8 Å². The number of morpholine rings is 1. The van der Waals surface area contributed by atoms with E-state index in [1.807, 2.05) is 6.07 Å². The molecule has 1 aromatic carbocycles. The first-order valence-corrected chi connectivity index (χ1v) is 11.9. The van der Waals surface area contributed by atoms with Crippen molar-refractivity contribution in [2.45, 2.75) is 51.2 Å². The maximum Gasteiger partial charge on any atom is 0.223 e. The number of hydrogen-bond donors (Lipinski definition) is 0. The number of rotatable bonds is 3. The Hall–Kier alpha value is -1.63. The molecule has 1 spiro atoms. The van der Waals surface area contributed by atoms with Crippen LogP contribution >= 0.6 is 0 Å². The van der Waals surface area contributed by atoms with Crippen molar-refractivity contribution in [3.63, 3.8) is 0 Å². The van der Waals surface area contributed by atoms with Crippen molar-refractivity contribution in [2.24, 2.45) is 11.3 Å². The van der Waals surface area contributed by atoms with Crippen LogP contribution < -0.4 is 4.74 Å². The van der Waals surface area contributed by atoms with E-state index >= 15 is 0 Å². The van der Waals surface area contributed by atoms with Gasteiger partial charge in [0.05, 0.1) is 25.9 Å². The van der Waals surface area contributed by atoms with Crippen LogP contribution in [0.3, 0.4) is 0 Å². The van der Waals surface area contributed by atoms with E-state index < -0.39 is 0 Å². The highest BCUT2D eigenvalue weighted by atomic mass is 16.5. The van der Waals surface area contributed by atoms with Crippen LogP contribution in [-0.2, 0) is 14.3 Å². The molecule has 4 aliphatic heterocycles. The van der Waals surface area contributed by atoms with Crippen LogP contribution in [0.1, 0.15) is 51.2 Å². The van der Waals surface area contributed by atoms with Gasteiger partial charge in [0.1, 0.15) is 11.4 Å². The summed E-state index contributed by atoms with van der Waals surface area (Å²) >= 11 is 0. The molecule has 0 N–H and O–H groups in total. The molecule has 4 heterocycles. The average molecular weight is 429 g/mol. The van der Waals surface area contributed by atoms with E-state index in [0.29, 0.717) is 18.2 Å². The molecule has 6 nitrogen and oxygen atoms in total. The molecular formula is C25H36N2O4. The summed E-state index contributed by atoms with van der Waals surface area (Å²) in [5.41, 5.74) is 1.10.